The number of hydrogen-bond donors (Lipinski definition) is 0. The molecular formula is C7H10N2O. The quantitative estimate of drug-likeness (QED) is 0.533. The van der Waals surface area contributed by atoms with E-state index in [1.54, 1.807) is 6.20 Å². The first-order chi connectivity index (χ1) is 4.86. The Hall–Kier alpha value is -0.990. The van der Waals surface area contributed by atoms with Crippen molar-refractivity contribution in [1.82, 2.24) is 9.78 Å². The van der Waals surface area contributed by atoms with Crippen LogP contribution in [0.25, 0.3) is 0 Å². The van der Waals surface area contributed by atoms with Gasteiger partial charge in [0.05, 0.1) is 19.3 Å². The maximum Gasteiger partial charge on any atom is 0.211 e. The molecule has 1 unspecified atom stereocenters. The summed E-state index contributed by atoms with van der Waals surface area (Å²) in [4.78, 5) is 0. The molecule has 0 spiro atoms. The third-order valence-corrected chi connectivity index (χ3v) is 1.68. The first-order valence-corrected chi connectivity index (χ1v) is 3.51. The number of aromatic nitrogens is 2. The van der Waals surface area contributed by atoms with E-state index < -0.39 is 0 Å². The molecule has 2 rings (SSSR count). The van der Waals surface area contributed by atoms with Crippen LogP contribution in [-0.4, -0.2) is 16.4 Å². The van der Waals surface area contributed by atoms with E-state index in [0.717, 1.165) is 19.0 Å². The fraction of sp³-hybridized carbons (Fsp3) is 0.571. The highest BCUT2D eigenvalue weighted by Crippen LogP contribution is 2.17. The van der Waals surface area contributed by atoms with Gasteiger partial charge in [-0.25, -0.2) is 4.68 Å². The van der Waals surface area contributed by atoms with Crippen LogP contribution < -0.4 is 4.74 Å². The van der Waals surface area contributed by atoms with Gasteiger partial charge in [-0.3, -0.25) is 0 Å². The molecule has 1 aliphatic heterocycles. The molecule has 1 atom stereocenters. The van der Waals surface area contributed by atoms with Gasteiger partial charge in [0.15, 0.2) is 0 Å². The molecule has 0 saturated heterocycles. The molecular weight excluding hydrogens is 128 g/mol. The minimum atomic E-state index is 0.590. The van der Waals surface area contributed by atoms with Crippen LogP contribution in [0, 0.1) is 5.92 Å². The predicted molar refractivity (Wildman–Crippen MR) is 36.9 cm³/mol. The molecule has 1 aromatic heterocycles. The average Bonchev–Trinajstić information content (AvgIpc) is 2.33. The Morgan fingerprint density at radius 3 is 3.60 bits per heavy atom. The number of hydrogen-bond acceptors (Lipinski definition) is 2. The van der Waals surface area contributed by atoms with E-state index in [4.69, 9.17) is 4.74 Å². The van der Waals surface area contributed by atoms with Crippen molar-refractivity contribution < 1.29 is 4.74 Å². The maximum atomic E-state index is 5.38. The maximum absolute atomic E-state index is 5.38. The molecule has 3 nitrogen and oxygen atoms in total. The van der Waals surface area contributed by atoms with Crippen molar-refractivity contribution in [3.63, 3.8) is 0 Å². The SMILES string of the molecule is CC1COc2ccnn2C1. The Labute approximate surface area is 59.6 Å². The van der Waals surface area contributed by atoms with E-state index in [1.165, 1.54) is 0 Å². The smallest absolute Gasteiger partial charge is 0.211 e. The van der Waals surface area contributed by atoms with Crippen LogP contribution in [-0.2, 0) is 6.54 Å². The standard InChI is InChI=1S/C7H10N2O/c1-6-4-9-7(10-5-6)2-3-8-9/h2-3,6H,4-5H2,1H3. The van der Waals surface area contributed by atoms with Gasteiger partial charge in [0.2, 0.25) is 5.88 Å². The molecule has 10 heavy (non-hydrogen) atoms. The van der Waals surface area contributed by atoms with Crippen molar-refractivity contribution in [2.45, 2.75) is 13.5 Å². The van der Waals surface area contributed by atoms with Crippen molar-refractivity contribution in [3.8, 4) is 5.88 Å². The Morgan fingerprint density at radius 2 is 2.70 bits per heavy atom. The lowest BCUT2D eigenvalue weighted by atomic mass is 10.2. The van der Waals surface area contributed by atoms with E-state index >= 15 is 0 Å². The van der Waals surface area contributed by atoms with Crippen molar-refractivity contribution in [3.05, 3.63) is 12.3 Å². The molecule has 1 aliphatic rings. The zero-order chi connectivity index (χ0) is 6.97. The minimum absolute atomic E-state index is 0.590. The molecule has 0 N–H and O–H groups in total. The Bertz CT molecular complexity index is 231. The molecule has 2 heterocycles. The first-order valence-electron chi connectivity index (χ1n) is 3.51. The summed E-state index contributed by atoms with van der Waals surface area (Å²) in [6.07, 6.45) is 1.77. The fourth-order valence-electron chi connectivity index (χ4n) is 1.16. The summed E-state index contributed by atoms with van der Waals surface area (Å²) in [7, 11) is 0. The van der Waals surface area contributed by atoms with Gasteiger partial charge in [-0.15, -0.1) is 0 Å². The summed E-state index contributed by atoms with van der Waals surface area (Å²) in [6, 6.07) is 1.89. The number of nitrogens with zero attached hydrogens (tertiary/aromatic N) is 2. The molecule has 0 amide bonds. The second kappa shape index (κ2) is 2.01. The van der Waals surface area contributed by atoms with Crippen LogP contribution >= 0.6 is 0 Å². The van der Waals surface area contributed by atoms with Crippen LogP contribution in [0.2, 0.25) is 0 Å². The largest absolute Gasteiger partial charge is 0.477 e. The molecule has 3 heteroatoms. The van der Waals surface area contributed by atoms with Gasteiger partial charge in [-0.1, -0.05) is 6.92 Å². The molecule has 0 bridgehead atoms. The van der Waals surface area contributed by atoms with Crippen molar-refractivity contribution in [2.24, 2.45) is 5.92 Å². The molecule has 0 aliphatic carbocycles. The van der Waals surface area contributed by atoms with Gasteiger partial charge in [-0.2, -0.15) is 5.10 Å². The van der Waals surface area contributed by atoms with Gasteiger partial charge in [0.25, 0.3) is 0 Å². The van der Waals surface area contributed by atoms with E-state index in [0.29, 0.717) is 5.92 Å². The Kier molecular flexibility index (Phi) is 1.16. The fourth-order valence-corrected chi connectivity index (χ4v) is 1.16. The normalized spacial score (nSPS) is 23.5. The number of ether oxygens (including phenoxy) is 1. The highest BCUT2D eigenvalue weighted by Gasteiger charge is 2.14. The molecule has 0 fully saturated rings. The third kappa shape index (κ3) is 0.781. The Morgan fingerprint density at radius 1 is 1.80 bits per heavy atom. The zero-order valence-corrected chi connectivity index (χ0v) is 5.95. The van der Waals surface area contributed by atoms with Gasteiger partial charge in [-0.05, 0) is 0 Å². The summed E-state index contributed by atoms with van der Waals surface area (Å²) in [6.45, 7) is 3.97. The third-order valence-electron chi connectivity index (χ3n) is 1.68. The highest BCUT2D eigenvalue weighted by molar-refractivity contribution is 5.09. The number of rotatable bonds is 0. The topological polar surface area (TPSA) is 27.1 Å². The molecule has 0 aromatic carbocycles. The highest BCUT2D eigenvalue weighted by atomic mass is 16.5. The molecule has 0 saturated carbocycles. The van der Waals surface area contributed by atoms with E-state index in [9.17, 15) is 0 Å². The van der Waals surface area contributed by atoms with Crippen LogP contribution in [0.1, 0.15) is 6.92 Å². The van der Waals surface area contributed by atoms with Crippen LogP contribution in [0.15, 0.2) is 12.3 Å². The average molecular weight is 138 g/mol. The Balaban J connectivity index is 2.30. The zero-order valence-electron chi connectivity index (χ0n) is 5.95. The van der Waals surface area contributed by atoms with Crippen molar-refractivity contribution >= 4 is 0 Å². The van der Waals surface area contributed by atoms with Crippen molar-refractivity contribution in [1.29, 1.82) is 0 Å². The van der Waals surface area contributed by atoms with E-state index in [-0.39, 0.29) is 0 Å². The van der Waals surface area contributed by atoms with E-state index in [1.807, 2.05) is 10.7 Å². The minimum Gasteiger partial charge on any atom is -0.477 e. The van der Waals surface area contributed by atoms with Gasteiger partial charge in [0.1, 0.15) is 0 Å². The van der Waals surface area contributed by atoms with Crippen LogP contribution in [0.4, 0.5) is 0 Å². The van der Waals surface area contributed by atoms with Crippen LogP contribution in [0.3, 0.4) is 0 Å². The lowest BCUT2D eigenvalue weighted by molar-refractivity contribution is 0.175. The van der Waals surface area contributed by atoms with Crippen molar-refractivity contribution in [2.75, 3.05) is 6.61 Å². The molecule has 0 radical (unpaired) electrons. The predicted octanol–water partition coefficient (Wildman–Crippen LogP) is 0.912. The summed E-state index contributed by atoms with van der Waals surface area (Å²) >= 11 is 0. The summed E-state index contributed by atoms with van der Waals surface area (Å²) in [5, 5.41) is 4.10. The van der Waals surface area contributed by atoms with E-state index in [2.05, 4.69) is 12.0 Å². The first kappa shape index (κ1) is 5.77. The summed E-state index contributed by atoms with van der Waals surface area (Å²) in [5.41, 5.74) is 0. The van der Waals surface area contributed by atoms with Gasteiger partial charge >= 0.3 is 0 Å². The lowest BCUT2D eigenvalue weighted by Gasteiger charge is -2.20. The van der Waals surface area contributed by atoms with Gasteiger partial charge in [0, 0.05) is 12.0 Å². The summed E-state index contributed by atoms with van der Waals surface area (Å²) in [5.74, 6) is 1.49. The second-order valence-electron chi connectivity index (χ2n) is 2.77. The number of fused-ring (bicyclic) bond motifs is 1. The second-order valence-corrected chi connectivity index (χ2v) is 2.77. The lowest BCUT2D eigenvalue weighted by Crippen LogP contribution is -2.23. The monoisotopic (exact) mass is 138 g/mol. The molecule has 1 aromatic rings. The van der Waals surface area contributed by atoms with Crippen LogP contribution in [0.5, 0.6) is 5.88 Å². The summed E-state index contributed by atoms with van der Waals surface area (Å²) < 4.78 is 7.27. The van der Waals surface area contributed by atoms with Gasteiger partial charge < -0.3 is 4.74 Å². The molecule has 54 valence electrons.